The van der Waals surface area contributed by atoms with Crippen molar-refractivity contribution in [1.29, 1.82) is 0 Å². The standard InChI is InChI=1S/C13H11NO2/c1-10(15)11-7-8-13(16)14(9-11)12-5-3-2-4-6-12/h2-9,15H,1H2/p-1. The second-order valence-corrected chi connectivity index (χ2v) is 3.38. The van der Waals surface area contributed by atoms with Gasteiger partial charge in [-0.25, -0.2) is 0 Å². The maximum absolute atomic E-state index is 11.6. The maximum Gasteiger partial charge on any atom is 0.255 e. The first kappa shape index (κ1) is 10.2. The van der Waals surface area contributed by atoms with E-state index in [0.29, 0.717) is 5.56 Å². The Hall–Kier alpha value is -2.29. The molecule has 0 N–H and O–H groups in total. The molecule has 0 aliphatic heterocycles. The zero-order valence-corrected chi connectivity index (χ0v) is 8.59. The Labute approximate surface area is 92.9 Å². The lowest BCUT2D eigenvalue weighted by molar-refractivity contribution is -0.243. The Bertz CT molecular complexity index is 570. The van der Waals surface area contributed by atoms with Crippen molar-refractivity contribution < 1.29 is 5.11 Å². The predicted molar refractivity (Wildman–Crippen MR) is 61.1 cm³/mol. The fourth-order valence-corrected chi connectivity index (χ4v) is 1.44. The molecule has 0 saturated heterocycles. The van der Waals surface area contributed by atoms with Crippen LogP contribution >= 0.6 is 0 Å². The van der Waals surface area contributed by atoms with Crippen molar-refractivity contribution in [2.75, 3.05) is 0 Å². The van der Waals surface area contributed by atoms with E-state index in [4.69, 9.17) is 0 Å². The highest BCUT2D eigenvalue weighted by molar-refractivity contribution is 5.53. The van der Waals surface area contributed by atoms with E-state index in [1.165, 1.54) is 22.9 Å². The predicted octanol–water partition coefficient (Wildman–Crippen LogP) is 1.17. The van der Waals surface area contributed by atoms with Crippen molar-refractivity contribution >= 4 is 5.76 Å². The van der Waals surface area contributed by atoms with Gasteiger partial charge in [0.05, 0.1) is 0 Å². The van der Waals surface area contributed by atoms with Crippen LogP contribution in [0.3, 0.4) is 0 Å². The van der Waals surface area contributed by atoms with Gasteiger partial charge in [0.2, 0.25) is 0 Å². The average Bonchev–Trinajstić information content (AvgIpc) is 2.30. The summed E-state index contributed by atoms with van der Waals surface area (Å²) < 4.78 is 1.43. The van der Waals surface area contributed by atoms with Crippen LogP contribution in [0.4, 0.5) is 0 Å². The fraction of sp³-hybridized carbons (Fsp3) is 0. The van der Waals surface area contributed by atoms with Gasteiger partial charge in [-0.05, 0) is 23.8 Å². The largest absolute Gasteiger partial charge is 0.872 e. The summed E-state index contributed by atoms with van der Waals surface area (Å²) in [7, 11) is 0. The van der Waals surface area contributed by atoms with Crippen LogP contribution in [-0.4, -0.2) is 4.57 Å². The molecule has 0 unspecified atom stereocenters. The molecule has 0 atom stereocenters. The molecule has 3 nitrogen and oxygen atoms in total. The zero-order valence-electron chi connectivity index (χ0n) is 8.59. The molecule has 0 aliphatic carbocycles. The first-order valence-electron chi connectivity index (χ1n) is 4.83. The van der Waals surface area contributed by atoms with Crippen molar-refractivity contribution in [1.82, 2.24) is 4.57 Å². The van der Waals surface area contributed by atoms with Crippen LogP contribution in [0.15, 0.2) is 60.0 Å². The van der Waals surface area contributed by atoms with Crippen LogP contribution in [0, 0.1) is 0 Å². The van der Waals surface area contributed by atoms with Gasteiger partial charge >= 0.3 is 0 Å². The van der Waals surface area contributed by atoms with Gasteiger partial charge in [-0.3, -0.25) is 9.36 Å². The lowest BCUT2D eigenvalue weighted by Crippen LogP contribution is -2.17. The summed E-state index contributed by atoms with van der Waals surface area (Å²) in [4.78, 5) is 11.6. The number of para-hydroxylation sites is 1. The number of hydrogen-bond acceptors (Lipinski definition) is 2. The first-order valence-corrected chi connectivity index (χ1v) is 4.83. The number of rotatable bonds is 2. The molecule has 0 saturated carbocycles. The van der Waals surface area contributed by atoms with E-state index >= 15 is 0 Å². The molecule has 2 rings (SSSR count). The smallest absolute Gasteiger partial charge is 0.255 e. The first-order chi connectivity index (χ1) is 7.68. The zero-order chi connectivity index (χ0) is 11.5. The number of hydrogen-bond donors (Lipinski definition) is 0. The van der Waals surface area contributed by atoms with Gasteiger partial charge in [-0.15, -0.1) is 12.3 Å². The van der Waals surface area contributed by atoms with Crippen molar-refractivity contribution in [3.8, 4) is 5.69 Å². The van der Waals surface area contributed by atoms with Crippen LogP contribution in [0.5, 0.6) is 0 Å². The Balaban J connectivity index is 2.61. The summed E-state index contributed by atoms with van der Waals surface area (Å²) in [5, 5.41) is 11.1. The molecule has 80 valence electrons. The summed E-state index contributed by atoms with van der Waals surface area (Å²) >= 11 is 0. The van der Waals surface area contributed by atoms with Crippen LogP contribution in [0.1, 0.15) is 5.56 Å². The molecule has 0 bridgehead atoms. The van der Waals surface area contributed by atoms with Crippen LogP contribution in [0.2, 0.25) is 0 Å². The molecule has 1 aromatic carbocycles. The highest BCUT2D eigenvalue weighted by atomic mass is 16.3. The van der Waals surface area contributed by atoms with Gasteiger partial charge in [0.1, 0.15) is 0 Å². The highest BCUT2D eigenvalue weighted by Gasteiger charge is 1.99. The molecular weight excluding hydrogens is 202 g/mol. The number of pyridine rings is 1. The average molecular weight is 212 g/mol. The Morgan fingerprint density at radius 3 is 2.44 bits per heavy atom. The lowest BCUT2D eigenvalue weighted by atomic mass is 10.2. The molecule has 0 fully saturated rings. The van der Waals surface area contributed by atoms with E-state index in [9.17, 15) is 9.90 Å². The van der Waals surface area contributed by atoms with Gasteiger partial charge in [0.25, 0.3) is 5.56 Å². The van der Waals surface area contributed by atoms with E-state index in [0.717, 1.165) is 5.69 Å². The Morgan fingerprint density at radius 1 is 1.12 bits per heavy atom. The molecule has 0 aliphatic rings. The van der Waals surface area contributed by atoms with Crippen LogP contribution in [-0.2, 0) is 0 Å². The lowest BCUT2D eigenvalue weighted by Gasteiger charge is -2.12. The molecule has 0 amide bonds. The van der Waals surface area contributed by atoms with Gasteiger partial charge in [0.15, 0.2) is 0 Å². The van der Waals surface area contributed by atoms with E-state index < -0.39 is 0 Å². The van der Waals surface area contributed by atoms with E-state index in [2.05, 4.69) is 6.58 Å². The summed E-state index contributed by atoms with van der Waals surface area (Å²) in [6.45, 7) is 3.32. The molecule has 0 spiro atoms. The number of nitrogens with zero attached hydrogens (tertiary/aromatic N) is 1. The van der Waals surface area contributed by atoms with Gasteiger partial charge < -0.3 is 5.11 Å². The minimum absolute atomic E-state index is 0.170. The van der Waals surface area contributed by atoms with Crippen LogP contribution in [0.25, 0.3) is 11.4 Å². The topological polar surface area (TPSA) is 45.1 Å². The fourth-order valence-electron chi connectivity index (χ4n) is 1.44. The highest BCUT2D eigenvalue weighted by Crippen LogP contribution is 2.08. The molecule has 1 heterocycles. The number of benzene rings is 1. The molecule has 3 heteroatoms. The van der Waals surface area contributed by atoms with E-state index in [1.54, 1.807) is 12.1 Å². The third kappa shape index (κ3) is 1.88. The minimum atomic E-state index is -0.301. The van der Waals surface area contributed by atoms with E-state index in [1.807, 2.05) is 18.2 Å². The monoisotopic (exact) mass is 212 g/mol. The summed E-state index contributed by atoms with van der Waals surface area (Å²) in [5.41, 5.74) is 0.982. The Morgan fingerprint density at radius 2 is 1.81 bits per heavy atom. The minimum Gasteiger partial charge on any atom is -0.872 e. The molecule has 2 aromatic rings. The Kier molecular flexibility index (Phi) is 2.60. The molecule has 16 heavy (non-hydrogen) atoms. The molecule has 0 radical (unpaired) electrons. The van der Waals surface area contributed by atoms with Gasteiger partial charge in [-0.2, -0.15) is 0 Å². The van der Waals surface area contributed by atoms with Crippen LogP contribution < -0.4 is 10.7 Å². The SMILES string of the molecule is C=C([O-])c1ccc(=O)n(-c2ccccc2)c1. The number of aromatic nitrogens is 1. The summed E-state index contributed by atoms with van der Waals surface area (Å²) in [5.74, 6) is -0.301. The third-order valence-corrected chi connectivity index (χ3v) is 2.27. The van der Waals surface area contributed by atoms with Crippen molar-refractivity contribution in [2.24, 2.45) is 0 Å². The summed E-state index contributed by atoms with van der Waals surface area (Å²) in [6, 6.07) is 12.0. The maximum atomic E-state index is 11.6. The summed E-state index contributed by atoms with van der Waals surface area (Å²) in [6.07, 6.45) is 1.51. The molecular formula is C13H10NO2-. The van der Waals surface area contributed by atoms with Gasteiger partial charge in [-0.1, -0.05) is 18.2 Å². The van der Waals surface area contributed by atoms with Crippen molar-refractivity contribution in [3.63, 3.8) is 0 Å². The van der Waals surface area contributed by atoms with Gasteiger partial charge in [0, 0.05) is 18.0 Å². The van der Waals surface area contributed by atoms with Crippen molar-refractivity contribution in [3.05, 3.63) is 71.2 Å². The van der Waals surface area contributed by atoms with E-state index in [-0.39, 0.29) is 11.3 Å². The third-order valence-electron chi connectivity index (χ3n) is 2.27. The second-order valence-electron chi connectivity index (χ2n) is 3.38. The second kappa shape index (κ2) is 4.06. The quantitative estimate of drug-likeness (QED) is 0.701. The van der Waals surface area contributed by atoms with Crippen molar-refractivity contribution in [2.45, 2.75) is 0 Å². The normalized spacial score (nSPS) is 10.0. The molecule has 1 aromatic heterocycles.